The first-order chi connectivity index (χ1) is 9.24. The van der Waals surface area contributed by atoms with Gasteiger partial charge in [-0.15, -0.1) is 0 Å². The molecular weight excluding hydrogens is 243 g/mol. The van der Waals surface area contributed by atoms with Crippen molar-refractivity contribution in [3.05, 3.63) is 36.4 Å². The summed E-state index contributed by atoms with van der Waals surface area (Å²) in [5.41, 5.74) is 2.32. The van der Waals surface area contributed by atoms with Crippen LogP contribution in [0.1, 0.15) is 13.8 Å². The van der Waals surface area contributed by atoms with Crippen molar-refractivity contribution in [2.24, 2.45) is 0 Å². The third-order valence-electron chi connectivity index (χ3n) is 3.33. The van der Waals surface area contributed by atoms with Crippen molar-refractivity contribution in [1.29, 1.82) is 0 Å². The molecule has 3 rings (SSSR count). The molecule has 98 valence electrons. The van der Waals surface area contributed by atoms with E-state index in [1.54, 1.807) is 12.3 Å². The van der Waals surface area contributed by atoms with Crippen molar-refractivity contribution >= 4 is 22.5 Å². The topological polar surface area (TPSA) is 33.4 Å². The first-order valence-electron chi connectivity index (χ1n) is 6.42. The molecule has 0 aliphatic carbocycles. The van der Waals surface area contributed by atoms with E-state index in [1.807, 2.05) is 10.6 Å². The van der Waals surface area contributed by atoms with Gasteiger partial charge in [0.05, 0.1) is 11.0 Å². The molecule has 0 saturated heterocycles. The second-order valence-electron chi connectivity index (χ2n) is 4.36. The highest BCUT2D eigenvalue weighted by Gasteiger charge is 2.13. The smallest absolute Gasteiger partial charge is 0.180 e. The highest BCUT2D eigenvalue weighted by molar-refractivity contribution is 5.83. The Morgan fingerprint density at radius 3 is 2.79 bits per heavy atom. The Morgan fingerprint density at radius 2 is 2.05 bits per heavy atom. The molecule has 2 aromatic heterocycles. The summed E-state index contributed by atoms with van der Waals surface area (Å²) in [6.45, 7) is 5.82. The Labute approximate surface area is 110 Å². The highest BCUT2D eigenvalue weighted by atomic mass is 19.1. The number of halogens is 1. The van der Waals surface area contributed by atoms with Gasteiger partial charge < -0.3 is 4.90 Å². The van der Waals surface area contributed by atoms with E-state index in [1.165, 1.54) is 12.1 Å². The molecule has 4 nitrogen and oxygen atoms in total. The van der Waals surface area contributed by atoms with Crippen LogP contribution < -0.4 is 4.90 Å². The zero-order valence-electron chi connectivity index (χ0n) is 11.0. The molecule has 5 heteroatoms. The molecule has 19 heavy (non-hydrogen) atoms. The summed E-state index contributed by atoms with van der Waals surface area (Å²) in [6.07, 6.45) is 3.62. The second-order valence-corrected chi connectivity index (χ2v) is 4.36. The second kappa shape index (κ2) is 4.50. The normalized spacial score (nSPS) is 11.3. The number of fused-ring (bicyclic) bond motifs is 3. The van der Waals surface area contributed by atoms with Crippen molar-refractivity contribution in [3.63, 3.8) is 0 Å². The van der Waals surface area contributed by atoms with Crippen LogP contribution in [0.2, 0.25) is 0 Å². The van der Waals surface area contributed by atoms with E-state index in [9.17, 15) is 4.39 Å². The fraction of sp³-hybridized carbons (Fsp3) is 0.286. The summed E-state index contributed by atoms with van der Waals surface area (Å²) in [6, 6.07) is 4.64. The first-order valence-corrected chi connectivity index (χ1v) is 6.42. The third-order valence-corrected chi connectivity index (χ3v) is 3.33. The monoisotopic (exact) mass is 258 g/mol. The van der Waals surface area contributed by atoms with Crippen molar-refractivity contribution in [2.45, 2.75) is 13.8 Å². The van der Waals surface area contributed by atoms with Gasteiger partial charge in [0, 0.05) is 31.5 Å². The predicted octanol–water partition coefficient (Wildman–Crippen LogP) is 2.87. The molecule has 0 aliphatic rings. The van der Waals surface area contributed by atoms with Gasteiger partial charge >= 0.3 is 0 Å². The van der Waals surface area contributed by atoms with Crippen LogP contribution in [-0.2, 0) is 0 Å². The van der Waals surface area contributed by atoms with Crippen molar-refractivity contribution in [2.75, 3.05) is 18.0 Å². The number of hydrogen-bond acceptors (Lipinski definition) is 3. The lowest BCUT2D eigenvalue weighted by molar-refractivity contribution is 0.629. The van der Waals surface area contributed by atoms with Gasteiger partial charge in [-0.2, -0.15) is 0 Å². The maximum atomic E-state index is 13.4. The Hall–Kier alpha value is -2.17. The summed E-state index contributed by atoms with van der Waals surface area (Å²) in [7, 11) is 0. The minimum absolute atomic E-state index is 0.273. The van der Waals surface area contributed by atoms with Crippen molar-refractivity contribution < 1.29 is 4.39 Å². The summed E-state index contributed by atoms with van der Waals surface area (Å²) in [5.74, 6) is 0.526. The number of nitrogens with zero attached hydrogens (tertiary/aromatic N) is 4. The molecule has 0 saturated carbocycles. The number of hydrogen-bond donors (Lipinski definition) is 0. The lowest BCUT2D eigenvalue weighted by Crippen LogP contribution is -2.24. The van der Waals surface area contributed by atoms with Crippen LogP contribution in [0.25, 0.3) is 16.7 Å². The van der Waals surface area contributed by atoms with E-state index in [4.69, 9.17) is 0 Å². The van der Waals surface area contributed by atoms with Gasteiger partial charge in [-0.3, -0.25) is 4.40 Å². The highest BCUT2D eigenvalue weighted by Crippen LogP contribution is 2.23. The Bertz CT molecular complexity index is 731. The van der Waals surface area contributed by atoms with Gasteiger partial charge in [0.1, 0.15) is 5.82 Å². The van der Waals surface area contributed by atoms with Crippen LogP contribution in [0.3, 0.4) is 0 Å². The fourth-order valence-corrected chi connectivity index (χ4v) is 2.35. The van der Waals surface area contributed by atoms with Gasteiger partial charge in [0.15, 0.2) is 11.5 Å². The molecule has 0 fully saturated rings. The molecule has 2 heterocycles. The van der Waals surface area contributed by atoms with Gasteiger partial charge in [-0.25, -0.2) is 14.4 Å². The van der Waals surface area contributed by atoms with Gasteiger partial charge in [-0.05, 0) is 26.0 Å². The molecule has 0 bridgehead atoms. The third kappa shape index (κ3) is 1.82. The van der Waals surface area contributed by atoms with E-state index in [0.29, 0.717) is 5.52 Å². The Morgan fingerprint density at radius 1 is 1.26 bits per heavy atom. The first kappa shape index (κ1) is 11.9. The standard InChI is InChI=1S/C14H15FN4/c1-3-18(4-2)14-13-16-7-8-19(13)12-6-5-10(15)9-11(12)17-14/h5-9H,3-4H2,1-2H3. The summed E-state index contributed by atoms with van der Waals surface area (Å²) in [5, 5.41) is 0. The molecule has 0 unspecified atom stereocenters. The molecular formula is C14H15FN4. The molecule has 0 spiro atoms. The molecule has 0 aliphatic heterocycles. The lowest BCUT2D eigenvalue weighted by atomic mass is 10.3. The van der Waals surface area contributed by atoms with Crippen LogP contribution in [0.5, 0.6) is 0 Å². The lowest BCUT2D eigenvalue weighted by Gasteiger charge is -2.20. The van der Waals surface area contributed by atoms with Crippen LogP contribution in [0.4, 0.5) is 10.2 Å². The minimum atomic E-state index is -0.273. The van der Waals surface area contributed by atoms with Gasteiger partial charge in [0.25, 0.3) is 0 Å². The summed E-state index contributed by atoms with van der Waals surface area (Å²) >= 11 is 0. The van der Waals surface area contributed by atoms with E-state index in [0.717, 1.165) is 30.1 Å². The predicted molar refractivity (Wildman–Crippen MR) is 74.0 cm³/mol. The fourth-order valence-electron chi connectivity index (χ4n) is 2.35. The molecule has 3 aromatic rings. The van der Waals surface area contributed by atoms with E-state index in [-0.39, 0.29) is 5.82 Å². The largest absolute Gasteiger partial charge is 0.354 e. The summed E-state index contributed by atoms with van der Waals surface area (Å²) < 4.78 is 15.3. The zero-order valence-corrected chi connectivity index (χ0v) is 11.0. The maximum Gasteiger partial charge on any atom is 0.180 e. The van der Waals surface area contributed by atoms with E-state index < -0.39 is 0 Å². The quantitative estimate of drug-likeness (QED) is 0.724. The summed E-state index contributed by atoms with van der Waals surface area (Å²) in [4.78, 5) is 11.1. The van der Waals surface area contributed by atoms with Crippen LogP contribution in [0, 0.1) is 5.82 Å². The molecule has 1 aromatic carbocycles. The zero-order chi connectivity index (χ0) is 13.4. The van der Waals surface area contributed by atoms with Gasteiger partial charge in [0.2, 0.25) is 0 Å². The number of imidazole rings is 1. The number of benzene rings is 1. The van der Waals surface area contributed by atoms with E-state index >= 15 is 0 Å². The minimum Gasteiger partial charge on any atom is -0.354 e. The number of rotatable bonds is 3. The van der Waals surface area contributed by atoms with Crippen LogP contribution in [-0.4, -0.2) is 27.5 Å². The maximum absolute atomic E-state index is 13.4. The van der Waals surface area contributed by atoms with Crippen molar-refractivity contribution in [1.82, 2.24) is 14.4 Å². The molecule has 0 N–H and O–H groups in total. The number of aromatic nitrogens is 3. The number of anilines is 1. The van der Waals surface area contributed by atoms with Gasteiger partial charge in [-0.1, -0.05) is 0 Å². The Balaban J connectivity index is 2.38. The Kier molecular flexibility index (Phi) is 2.81. The SMILES string of the molecule is CCN(CC)c1nc2cc(F)ccc2n2ccnc12. The van der Waals surface area contributed by atoms with Crippen LogP contribution >= 0.6 is 0 Å². The van der Waals surface area contributed by atoms with E-state index in [2.05, 4.69) is 28.7 Å². The van der Waals surface area contributed by atoms with Crippen LogP contribution in [0.15, 0.2) is 30.6 Å². The average molecular weight is 258 g/mol. The molecule has 0 radical (unpaired) electrons. The average Bonchev–Trinajstić information content (AvgIpc) is 2.89. The molecule has 0 atom stereocenters. The molecule has 0 amide bonds. The van der Waals surface area contributed by atoms with Crippen molar-refractivity contribution in [3.8, 4) is 0 Å².